The Kier molecular flexibility index (Phi) is 4.90. The van der Waals surface area contributed by atoms with Crippen LogP contribution in [0.15, 0.2) is 0 Å². The van der Waals surface area contributed by atoms with Crippen molar-refractivity contribution in [2.24, 2.45) is 0 Å². The molecule has 0 aromatic rings. The maximum absolute atomic E-state index is 12.4. The van der Waals surface area contributed by atoms with Gasteiger partial charge in [0.1, 0.15) is 4.83 Å². The highest BCUT2D eigenvalue weighted by atomic mass is 79.9. The second kappa shape index (κ2) is 5.53. The van der Waals surface area contributed by atoms with E-state index in [0.717, 1.165) is 32.2 Å². The van der Waals surface area contributed by atoms with Gasteiger partial charge in [0.2, 0.25) is 0 Å². The molecule has 0 N–H and O–H groups in total. The molecule has 1 rings (SSSR count). The van der Waals surface area contributed by atoms with E-state index in [2.05, 4.69) is 15.9 Å². The number of nitrogens with zero attached hydrogens (tertiary/aromatic N) is 1. The average Bonchev–Trinajstić information content (AvgIpc) is 2.17. The Balaban J connectivity index is 2.48. The number of hydrogen-bond donors (Lipinski definition) is 0. The molecule has 0 radical (unpaired) electrons. The standard InChI is InChI=1S/C10H17BrF3N/c1-2-8-5-3-4-6-15(8)7-9(11)10(12,13)14/h8-9H,2-7H2,1H3. The van der Waals surface area contributed by atoms with Crippen LogP contribution in [0.1, 0.15) is 32.6 Å². The number of rotatable bonds is 3. The lowest BCUT2D eigenvalue weighted by Crippen LogP contribution is -2.45. The monoisotopic (exact) mass is 287 g/mol. The molecule has 0 aromatic heterocycles. The van der Waals surface area contributed by atoms with E-state index in [4.69, 9.17) is 0 Å². The van der Waals surface area contributed by atoms with Crippen molar-refractivity contribution >= 4 is 15.9 Å². The molecule has 1 nitrogen and oxygen atoms in total. The van der Waals surface area contributed by atoms with Crippen molar-refractivity contribution in [3.8, 4) is 0 Å². The van der Waals surface area contributed by atoms with Crippen LogP contribution in [0.3, 0.4) is 0 Å². The van der Waals surface area contributed by atoms with E-state index >= 15 is 0 Å². The summed E-state index contributed by atoms with van der Waals surface area (Å²) < 4.78 is 37.1. The fraction of sp³-hybridized carbons (Fsp3) is 1.00. The molecule has 0 spiro atoms. The van der Waals surface area contributed by atoms with Crippen LogP contribution in [0.5, 0.6) is 0 Å². The Morgan fingerprint density at radius 1 is 1.40 bits per heavy atom. The summed E-state index contributed by atoms with van der Waals surface area (Å²) >= 11 is 2.72. The molecule has 1 aliphatic rings. The van der Waals surface area contributed by atoms with Crippen LogP contribution in [0, 0.1) is 0 Å². The van der Waals surface area contributed by atoms with E-state index in [1.165, 1.54) is 0 Å². The van der Waals surface area contributed by atoms with Crippen LogP contribution < -0.4 is 0 Å². The van der Waals surface area contributed by atoms with Gasteiger partial charge < -0.3 is 0 Å². The Bertz CT molecular complexity index is 196. The first-order chi connectivity index (χ1) is 6.95. The van der Waals surface area contributed by atoms with E-state index in [1.54, 1.807) is 0 Å². The zero-order valence-corrected chi connectivity index (χ0v) is 10.4. The smallest absolute Gasteiger partial charge is 0.299 e. The van der Waals surface area contributed by atoms with E-state index in [0.29, 0.717) is 6.04 Å². The molecule has 15 heavy (non-hydrogen) atoms. The highest BCUT2D eigenvalue weighted by Gasteiger charge is 2.39. The van der Waals surface area contributed by atoms with Gasteiger partial charge in [-0.1, -0.05) is 29.3 Å². The average molecular weight is 288 g/mol. The highest BCUT2D eigenvalue weighted by molar-refractivity contribution is 9.09. The van der Waals surface area contributed by atoms with Crippen LogP contribution in [0.25, 0.3) is 0 Å². The van der Waals surface area contributed by atoms with Crippen molar-refractivity contribution in [1.82, 2.24) is 4.90 Å². The van der Waals surface area contributed by atoms with Gasteiger partial charge in [0.25, 0.3) is 0 Å². The normalized spacial score (nSPS) is 26.6. The van der Waals surface area contributed by atoms with Gasteiger partial charge in [0, 0.05) is 12.6 Å². The van der Waals surface area contributed by atoms with Gasteiger partial charge >= 0.3 is 6.18 Å². The third-order valence-corrected chi connectivity index (χ3v) is 3.78. The van der Waals surface area contributed by atoms with E-state index < -0.39 is 11.0 Å². The molecule has 0 amide bonds. The summed E-state index contributed by atoms with van der Waals surface area (Å²) in [6.07, 6.45) is 0.0173. The number of piperidine rings is 1. The van der Waals surface area contributed by atoms with Crippen LogP contribution >= 0.6 is 15.9 Å². The van der Waals surface area contributed by atoms with Crippen LogP contribution in [0.2, 0.25) is 0 Å². The van der Waals surface area contributed by atoms with E-state index in [1.807, 2.05) is 11.8 Å². The highest BCUT2D eigenvalue weighted by Crippen LogP contribution is 2.29. The summed E-state index contributed by atoms with van der Waals surface area (Å²) in [4.78, 5) is 0.577. The Labute approximate surface area is 97.1 Å². The van der Waals surface area contributed by atoms with Crippen molar-refractivity contribution in [1.29, 1.82) is 0 Å². The van der Waals surface area contributed by atoms with Gasteiger partial charge in [0.15, 0.2) is 0 Å². The van der Waals surface area contributed by atoms with Gasteiger partial charge in [0.05, 0.1) is 0 Å². The molecule has 90 valence electrons. The first-order valence-corrected chi connectivity index (χ1v) is 6.31. The van der Waals surface area contributed by atoms with Crippen LogP contribution in [-0.2, 0) is 0 Å². The Morgan fingerprint density at radius 2 is 2.07 bits per heavy atom. The fourth-order valence-corrected chi connectivity index (χ4v) is 2.44. The summed E-state index contributed by atoms with van der Waals surface area (Å²) in [6, 6.07) is 0.334. The van der Waals surface area contributed by atoms with Crippen molar-refractivity contribution in [3.63, 3.8) is 0 Å². The minimum absolute atomic E-state index is 0.0853. The van der Waals surface area contributed by atoms with E-state index in [-0.39, 0.29) is 6.54 Å². The fourth-order valence-electron chi connectivity index (χ4n) is 2.07. The van der Waals surface area contributed by atoms with Crippen molar-refractivity contribution in [2.45, 2.75) is 49.7 Å². The third kappa shape index (κ3) is 3.94. The molecule has 0 bridgehead atoms. The second-order valence-corrected chi connectivity index (χ2v) is 5.17. The van der Waals surface area contributed by atoms with Crippen LogP contribution in [0.4, 0.5) is 13.2 Å². The SMILES string of the molecule is CCC1CCCCN1CC(Br)C(F)(F)F. The summed E-state index contributed by atoms with van der Waals surface area (Å²) in [6.45, 7) is 2.93. The first kappa shape index (κ1) is 13.3. The Morgan fingerprint density at radius 3 is 2.60 bits per heavy atom. The molecule has 5 heteroatoms. The van der Waals surface area contributed by atoms with Crippen molar-refractivity contribution in [2.75, 3.05) is 13.1 Å². The van der Waals surface area contributed by atoms with Gasteiger partial charge in [-0.25, -0.2) is 0 Å². The summed E-state index contributed by atoms with van der Waals surface area (Å²) in [5, 5.41) is 0. The molecule has 2 atom stereocenters. The van der Waals surface area contributed by atoms with Crippen molar-refractivity contribution < 1.29 is 13.2 Å². The molecule has 1 fully saturated rings. The quantitative estimate of drug-likeness (QED) is 0.717. The maximum Gasteiger partial charge on any atom is 0.402 e. The maximum atomic E-state index is 12.4. The summed E-state index contributed by atoms with van der Waals surface area (Å²) in [5.41, 5.74) is 0. The molecule has 0 saturated carbocycles. The van der Waals surface area contributed by atoms with E-state index in [9.17, 15) is 13.2 Å². The molecular weight excluding hydrogens is 271 g/mol. The zero-order valence-electron chi connectivity index (χ0n) is 8.86. The lowest BCUT2D eigenvalue weighted by atomic mass is 10.00. The summed E-state index contributed by atoms with van der Waals surface area (Å²) in [7, 11) is 0. The number of halogens is 4. The van der Waals surface area contributed by atoms with Gasteiger partial charge in [-0.2, -0.15) is 13.2 Å². The van der Waals surface area contributed by atoms with Gasteiger partial charge in [-0.05, 0) is 25.8 Å². The predicted octanol–water partition coefficient (Wildman–Crippen LogP) is 3.58. The lowest BCUT2D eigenvalue weighted by molar-refractivity contribution is -0.132. The largest absolute Gasteiger partial charge is 0.402 e. The van der Waals surface area contributed by atoms with Crippen LogP contribution in [-0.4, -0.2) is 35.0 Å². The molecule has 1 heterocycles. The predicted molar refractivity (Wildman–Crippen MR) is 58.3 cm³/mol. The molecule has 2 unspecified atom stereocenters. The number of alkyl halides is 4. The molecule has 0 aromatic carbocycles. The molecular formula is C10H17BrF3N. The van der Waals surface area contributed by atoms with Gasteiger partial charge in [-0.15, -0.1) is 0 Å². The molecule has 0 aliphatic carbocycles. The second-order valence-electron chi connectivity index (χ2n) is 4.06. The summed E-state index contributed by atoms with van der Waals surface area (Å²) in [5.74, 6) is 0. The van der Waals surface area contributed by atoms with Crippen molar-refractivity contribution in [3.05, 3.63) is 0 Å². The zero-order chi connectivity index (χ0) is 11.5. The topological polar surface area (TPSA) is 3.24 Å². The minimum Gasteiger partial charge on any atom is -0.299 e. The number of likely N-dealkylation sites (tertiary alicyclic amines) is 1. The molecule has 1 saturated heterocycles. The first-order valence-electron chi connectivity index (χ1n) is 5.40. The van der Waals surface area contributed by atoms with Gasteiger partial charge in [-0.3, -0.25) is 4.90 Å². The minimum atomic E-state index is -4.13. The lowest BCUT2D eigenvalue weighted by Gasteiger charge is -2.36. The molecule has 1 aliphatic heterocycles. The number of hydrogen-bond acceptors (Lipinski definition) is 1. The third-order valence-electron chi connectivity index (χ3n) is 2.97. The Hall–Kier alpha value is 0.230.